The first kappa shape index (κ1) is 20.1. The number of benzene rings is 2. The summed E-state index contributed by atoms with van der Waals surface area (Å²) in [6, 6.07) is 15.2. The van der Waals surface area contributed by atoms with Gasteiger partial charge in [-0.1, -0.05) is 30.3 Å². The Morgan fingerprint density at radius 1 is 1.13 bits per heavy atom. The molecule has 0 aliphatic carbocycles. The van der Waals surface area contributed by atoms with Crippen LogP contribution in [0.3, 0.4) is 0 Å². The maximum absolute atomic E-state index is 12.5. The predicted octanol–water partition coefficient (Wildman–Crippen LogP) is 4.89. The van der Waals surface area contributed by atoms with Crippen molar-refractivity contribution in [2.75, 3.05) is 25.2 Å². The van der Waals surface area contributed by atoms with E-state index in [4.69, 9.17) is 14.5 Å². The number of fused-ring (bicyclic) bond motifs is 3. The summed E-state index contributed by atoms with van der Waals surface area (Å²) < 4.78 is 13.1. The van der Waals surface area contributed by atoms with Crippen LogP contribution in [0, 0.1) is 0 Å². The van der Waals surface area contributed by atoms with Crippen molar-refractivity contribution >= 4 is 22.8 Å². The summed E-state index contributed by atoms with van der Waals surface area (Å²) in [5.41, 5.74) is 5.53. The fourth-order valence-electron chi connectivity index (χ4n) is 5.08. The predicted molar refractivity (Wildman–Crippen MR) is 121 cm³/mol. The molecule has 0 spiro atoms. The van der Waals surface area contributed by atoms with Crippen LogP contribution in [-0.4, -0.2) is 42.0 Å². The fraction of sp³-hybridized carbons (Fsp3) is 0.440. The maximum Gasteiger partial charge on any atom is 0.414 e. The van der Waals surface area contributed by atoms with E-state index in [9.17, 15) is 4.79 Å². The van der Waals surface area contributed by atoms with Gasteiger partial charge in [-0.15, -0.1) is 0 Å². The van der Waals surface area contributed by atoms with Crippen LogP contribution >= 0.6 is 0 Å². The molecule has 1 aromatic heterocycles. The largest absolute Gasteiger partial charge is 0.452 e. The molecule has 162 valence electrons. The smallest absolute Gasteiger partial charge is 0.414 e. The summed E-state index contributed by atoms with van der Waals surface area (Å²) in [6.45, 7) is 3.65. The minimum atomic E-state index is -0.304. The summed E-state index contributed by atoms with van der Waals surface area (Å²) >= 11 is 0. The van der Waals surface area contributed by atoms with Gasteiger partial charge in [-0.3, -0.25) is 4.90 Å². The van der Waals surface area contributed by atoms with Gasteiger partial charge in [0.05, 0.1) is 23.8 Å². The number of aromatic nitrogens is 2. The Kier molecular flexibility index (Phi) is 5.40. The number of hydrogen-bond donors (Lipinski definition) is 0. The first-order valence-corrected chi connectivity index (χ1v) is 11.2. The minimum Gasteiger partial charge on any atom is -0.452 e. The molecular formula is C25H29N3O3. The molecular weight excluding hydrogens is 390 g/mol. The first-order chi connectivity index (χ1) is 15.2. The van der Waals surface area contributed by atoms with E-state index in [1.165, 1.54) is 12.7 Å². The van der Waals surface area contributed by atoms with Crippen LogP contribution in [0.2, 0.25) is 0 Å². The Hall–Kier alpha value is -2.86. The second kappa shape index (κ2) is 8.35. The molecule has 1 atom stereocenters. The Labute approximate surface area is 182 Å². The average Bonchev–Trinajstić information content (AvgIpc) is 3.17. The third-order valence-corrected chi connectivity index (χ3v) is 6.66. The molecule has 2 aromatic carbocycles. The van der Waals surface area contributed by atoms with Gasteiger partial charge in [-0.2, -0.15) is 0 Å². The standard InChI is InChI=1S/C25H29N3O3/c1-17-8-9-20-21(27(17)25(29)30-2)10-11-22-24(20)26-23(16-18-6-4-3-5-7-18)28(22)19-12-14-31-15-13-19/h3-7,10-11,17,19H,8-9,12-16H2,1-2H3. The normalized spacial score (nSPS) is 19.4. The minimum absolute atomic E-state index is 0.110. The van der Waals surface area contributed by atoms with Crippen molar-refractivity contribution in [3.63, 3.8) is 0 Å². The van der Waals surface area contributed by atoms with Crippen LogP contribution in [0.5, 0.6) is 0 Å². The molecule has 3 aromatic rings. The van der Waals surface area contributed by atoms with Gasteiger partial charge in [0.25, 0.3) is 0 Å². The van der Waals surface area contributed by atoms with Crippen molar-refractivity contribution in [2.45, 2.75) is 51.1 Å². The molecule has 2 aliphatic heterocycles. The number of amides is 1. The zero-order chi connectivity index (χ0) is 21.4. The summed E-state index contributed by atoms with van der Waals surface area (Å²) in [5, 5.41) is 0. The number of ether oxygens (including phenoxy) is 2. The van der Waals surface area contributed by atoms with Gasteiger partial charge in [0, 0.05) is 37.3 Å². The Morgan fingerprint density at radius 2 is 1.90 bits per heavy atom. The molecule has 6 nitrogen and oxygen atoms in total. The highest BCUT2D eigenvalue weighted by Crippen LogP contribution is 2.38. The SMILES string of the molecule is COC(=O)N1c2ccc3c(nc(Cc4ccccc4)n3C3CCOCC3)c2CCC1C. The lowest BCUT2D eigenvalue weighted by Crippen LogP contribution is -2.42. The third-order valence-electron chi connectivity index (χ3n) is 6.66. The molecule has 1 saturated heterocycles. The number of imidazole rings is 1. The van der Waals surface area contributed by atoms with E-state index in [0.29, 0.717) is 6.04 Å². The molecule has 0 saturated carbocycles. The number of carbonyl (C=O) groups is 1. The van der Waals surface area contributed by atoms with Gasteiger partial charge >= 0.3 is 6.09 Å². The second-order valence-corrected chi connectivity index (χ2v) is 8.56. The summed E-state index contributed by atoms with van der Waals surface area (Å²) in [6.07, 6.45) is 4.29. The van der Waals surface area contributed by atoms with Crippen LogP contribution < -0.4 is 4.90 Å². The quantitative estimate of drug-likeness (QED) is 0.607. The Balaban J connectivity index is 1.66. The lowest BCUT2D eigenvalue weighted by Gasteiger charge is -2.34. The number of nitrogens with zero attached hydrogens (tertiary/aromatic N) is 3. The summed E-state index contributed by atoms with van der Waals surface area (Å²) in [4.78, 5) is 19.5. The lowest BCUT2D eigenvalue weighted by molar-refractivity contribution is 0.0699. The molecule has 2 aliphatic rings. The highest BCUT2D eigenvalue weighted by atomic mass is 16.5. The third kappa shape index (κ3) is 3.59. The van der Waals surface area contributed by atoms with Crippen LogP contribution in [0.1, 0.15) is 49.2 Å². The van der Waals surface area contributed by atoms with Crippen LogP contribution in [0.15, 0.2) is 42.5 Å². The first-order valence-electron chi connectivity index (χ1n) is 11.2. The molecule has 0 N–H and O–H groups in total. The van der Waals surface area contributed by atoms with Gasteiger partial charge in [0.2, 0.25) is 0 Å². The van der Waals surface area contributed by atoms with Crippen LogP contribution in [0.4, 0.5) is 10.5 Å². The molecule has 5 rings (SSSR count). The van der Waals surface area contributed by atoms with Crippen LogP contribution in [0.25, 0.3) is 11.0 Å². The van der Waals surface area contributed by atoms with E-state index in [2.05, 4.69) is 47.9 Å². The number of rotatable bonds is 3. The summed E-state index contributed by atoms with van der Waals surface area (Å²) in [5.74, 6) is 1.09. The van der Waals surface area contributed by atoms with Crippen molar-refractivity contribution in [3.05, 3.63) is 59.4 Å². The van der Waals surface area contributed by atoms with Gasteiger partial charge < -0.3 is 14.0 Å². The van der Waals surface area contributed by atoms with Crippen molar-refractivity contribution in [3.8, 4) is 0 Å². The van der Waals surface area contributed by atoms with Crippen molar-refractivity contribution < 1.29 is 14.3 Å². The lowest BCUT2D eigenvalue weighted by atomic mass is 9.95. The van der Waals surface area contributed by atoms with Crippen molar-refractivity contribution in [1.29, 1.82) is 0 Å². The molecule has 0 radical (unpaired) electrons. The van der Waals surface area contributed by atoms with E-state index in [1.807, 2.05) is 6.07 Å². The second-order valence-electron chi connectivity index (χ2n) is 8.56. The monoisotopic (exact) mass is 419 g/mol. The van der Waals surface area contributed by atoms with Crippen LogP contribution in [-0.2, 0) is 22.3 Å². The van der Waals surface area contributed by atoms with Crippen molar-refractivity contribution in [1.82, 2.24) is 9.55 Å². The van der Waals surface area contributed by atoms with Crippen molar-refractivity contribution in [2.24, 2.45) is 0 Å². The molecule has 3 heterocycles. The molecule has 1 amide bonds. The summed E-state index contributed by atoms with van der Waals surface area (Å²) in [7, 11) is 1.44. The zero-order valence-corrected chi connectivity index (χ0v) is 18.2. The van der Waals surface area contributed by atoms with E-state index < -0.39 is 0 Å². The van der Waals surface area contributed by atoms with Gasteiger partial charge in [-0.25, -0.2) is 9.78 Å². The van der Waals surface area contributed by atoms with Gasteiger partial charge in [-0.05, 0) is 50.3 Å². The zero-order valence-electron chi connectivity index (χ0n) is 18.2. The molecule has 1 unspecified atom stereocenters. The number of methoxy groups -OCH3 is 1. The van der Waals surface area contributed by atoms with Gasteiger partial charge in [0.15, 0.2) is 0 Å². The fourth-order valence-corrected chi connectivity index (χ4v) is 5.08. The molecule has 0 bridgehead atoms. The van der Waals surface area contributed by atoms with E-state index in [0.717, 1.165) is 73.4 Å². The topological polar surface area (TPSA) is 56.6 Å². The Bertz CT molecular complexity index is 1090. The number of carbonyl (C=O) groups excluding carboxylic acids is 1. The van der Waals surface area contributed by atoms with E-state index in [-0.39, 0.29) is 12.1 Å². The van der Waals surface area contributed by atoms with E-state index >= 15 is 0 Å². The molecule has 6 heteroatoms. The van der Waals surface area contributed by atoms with Gasteiger partial charge in [0.1, 0.15) is 5.82 Å². The number of hydrogen-bond acceptors (Lipinski definition) is 4. The highest BCUT2D eigenvalue weighted by molar-refractivity contribution is 5.95. The highest BCUT2D eigenvalue weighted by Gasteiger charge is 2.32. The average molecular weight is 420 g/mol. The molecule has 31 heavy (non-hydrogen) atoms. The number of anilines is 1. The Morgan fingerprint density at radius 3 is 2.65 bits per heavy atom. The van der Waals surface area contributed by atoms with E-state index in [1.54, 1.807) is 4.90 Å². The number of aryl methyl sites for hydroxylation is 1. The molecule has 1 fully saturated rings. The maximum atomic E-state index is 12.5.